The second-order valence-electron chi connectivity index (χ2n) is 7.33. The molecule has 1 atom stereocenters. The molecule has 0 fully saturated rings. The van der Waals surface area contributed by atoms with Crippen LogP contribution in [-0.2, 0) is 16.0 Å². The van der Waals surface area contributed by atoms with E-state index in [0.717, 1.165) is 17.7 Å². The van der Waals surface area contributed by atoms with E-state index in [4.69, 9.17) is 9.15 Å². The zero-order valence-electron chi connectivity index (χ0n) is 17.4. The fraction of sp³-hybridized carbons (Fsp3) is 0.500. The van der Waals surface area contributed by atoms with Crippen LogP contribution in [0.15, 0.2) is 40.9 Å². The van der Waals surface area contributed by atoms with Crippen molar-refractivity contribution >= 4 is 12.0 Å². The lowest BCUT2D eigenvalue weighted by Gasteiger charge is -2.20. The van der Waals surface area contributed by atoms with Crippen LogP contribution in [-0.4, -0.2) is 36.2 Å². The molecule has 0 saturated heterocycles. The number of rotatable bonds is 11. The van der Waals surface area contributed by atoms with Gasteiger partial charge in [0.05, 0.1) is 12.8 Å². The number of aryl methyl sites for hydroxylation is 1. The molecule has 7 nitrogen and oxygen atoms in total. The van der Waals surface area contributed by atoms with Gasteiger partial charge in [-0.3, -0.25) is 4.79 Å². The molecule has 0 spiro atoms. The van der Waals surface area contributed by atoms with Gasteiger partial charge in [0.1, 0.15) is 0 Å². The maximum absolute atomic E-state index is 12.2. The summed E-state index contributed by atoms with van der Waals surface area (Å²) in [6, 6.07) is 9.63. The van der Waals surface area contributed by atoms with Crippen molar-refractivity contribution in [1.29, 1.82) is 0 Å². The quantitative estimate of drug-likeness (QED) is 0.595. The largest absolute Gasteiger partial charge is 0.450 e. The molecule has 0 aliphatic heterocycles. The van der Waals surface area contributed by atoms with E-state index in [2.05, 4.69) is 29.5 Å². The van der Waals surface area contributed by atoms with Gasteiger partial charge < -0.3 is 19.8 Å². The minimum Gasteiger partial charge on any atom is -0.450 e. The molecule has 2 N–H and O–H groups in total. The predicted molar refractivity (Wildman–Crippen MR) is 111 cm³/mol. The molecule has 1 aromatic carbocycles. The van der Waals surface area contributed by atoms with Gasteiger partial charge in [-0.25, -0.2) is 9.78 Å². The van der Waals surface area contributed by atoms with Crippen molar-refractivity contribution in [2.75, 3.05) is 13.2 Å². The Kier molecular flexibility index (Phi) is 9.21. The van der Waals surface area contributed by atoms with E-state index < -0.39 is 6.09 Å². The van der Waals surface area contributed by atoms with E-state index in [9.17, 15) is 9.59 Å². The lowest BCUT2D eigenvalue weighted by Crippen LogP contribution is -2.44. The zero-order valence-corrected chi connectivity index (χ0v) is 17.4. The number of nitrogens with zero attached hydrogens (tertiary/aromatic N) is 1. The highest BCUT2D eigenvalue weighted by atomic mass is 16.5. The van der Waals surface area contributed by atoms with Crippen molar-refractivity contribution in [2.45, 2.75) is 52.5 Å². The van der Waals surface area contributed by atoms with Crippen LogP contribution in [0, 0.1) is 5.92 Å². The number of benzene rings is 1. The second-order valence-corrected chi connectivity index (χ2v) is 7.33. The Labute approximate surface area is 172 Å². The summed E-state index contributed by atoms with van der Waals surface area (Å²) < 4.78 is 10.7. The van der Waals surface area contributed by atoms with Crippen molar-refractivity contribution in [1.82, 2.24) is 15.6 Å². The predicted octanol–water partition coefficient (Wildman–Crippen LogP) is 3.94. The van der Waals surface area contributed by atoms with E-state index in [-0.39, 0.29) is 11.9 Å². The fourth-order valence-electron chi connectivity index (χ4n) is 2.99. The number of nitrogens with one attached hydrogen (secondary N) is 2. The number of carbonyl (C=O) groups excluding carboxylic acids is 2. The molecule has 2 amide bonds. The smallest absolute Gasteiger partial charge is 0.407 e. The lowest BCUT2D eigenvalue weighted by atomic mass is 10.0. The SMILES string of the molecule is CCOC(=O)NC(CNC(=O)CCCc1ncc(-c2ccccc2)o1)CC(C)C. The summed E-state index contributed by atoms with van der Waals surface area (Å²) in [6.07, 6.45) is 3.62. The van der Waals surface area contributed by atoms with Gasteiger partial charge in [0.25, 0.3) is 0 Å². The number of amides is 2. The van der Waals surface area contributed by atoms with Crippen molar-refractivity contribution in [3.8, 4) is 11.3 Å². The van der Waals surface area contributed by atoms with Crippen LogP contribution < -0.4 is 10.6 Å². The monoisotopic (exact) mass is 401 g/mol. The Morgan fingerprint density at radius 3 is 2.66 bits per heavy atom. The van der Waals surface area contributed by atoms with E-state index >= 15 is 0 Å². The van der Waals surface area contributed by atoms with Crippen molar-refractivity contribution in [3.63, 3.8) is 0 Å². The summed E-state index contributed by atoms with van der Waals surface area (Å²) in [5.74, 6) is 1.69. The Morgan fingerprint density at radius 1 is 1.21 bits per heavy atom. The first-order valence-electron chi connectivity index (χ1n) is 10.2. The van der Waals surface area contributed by atoms with Crippen LogP contribution in [0.4, 0.5) is 4.79 Å². The standard InChI is InChI=1S/C22H31N3O4/c1-4-28-22(27)25-18(13-16(2)3)14-23-20(26)11-8-12-21-24-15-19(29-21)17-9-6-5-7-10-17/h5-7,9-10,15-16,18H,4,8,11-14H2,1-3H3,(H,23,26)(H,25,27). The highest BCUT2D eigenvalue weighted by Gasteiger charge is 2.16. The molecule has 7 heteroatoms. The van der Waals surface area contributed by atoms with Crippen LogP contribution in [0.5, 0.6) is 0 Å². The first kappa shape index (κ1) is 22.5. The van der Waals surface area contributed by atoms with Crippen LogP contribution in [0.3, 0.4) is 0 Å². The molecule has 0 radical (unpaired) electrons. The lowest BCUT2D eigenvalue weighted by molar-refractivity contribution is -0.121. The zero-order chi connectivity index (χ0) is 21.1. The molecule has 0 aliphatic carbocycles. The molecule has 0 aliphatic rings. The summed E-state index contributed by atoms with van der Waals surface area (Å²) in [6.45, 7) is 6.60. The van der Waals surface area contributed by atoms with E-state index in [1.807, 2.05) is 30.3 Å². The minimum absolute atomic E-state index is 0.0562. The molecule has 158 valence electrons. The van der Waals surface area contributed by atoms with Crippen molar-refractivity contribution < 1.29 is 18.7 Å². The van der Waals surface area contributed by atoms with Crippen LogP contribution in [0.1, 0.15) is 45.9 Å². The first-order valence-corrected chi connectivity index (χ1v) is 10.2. The molecular weight excluding hydrogens is 370 g/mol. The average Bonchev–Trinajstić information content (AvgIpc) is 3.15. The van der Waals surface area contributed by atoms with Gasteiger partial charge in [0, 0.05) is 31.0 Å². The number of alkyl carbamates (subject to hydrolysis) is 1. The van der Waals surface area contributed by atoms with Gasteiger partial charge in [-0.1, -0.05) is 44.2 Å². The third-order valence-electron chi connectivity index (χ3n) is 4.31. The van der Waals surface area contributed by atoms with Crippen molar-refractivity contribution in [2.24, 2.45) is 5.92 Å². The molecular formula is C22H31N3O4. The third-order valence-corrected chi connectivity index (χ3v) is 4.31. The first-order chi connectivity index (χ1) is 14.0. The number of oxazole rings is 1. The number of hydrogen-bond donors (Lipinski definition) is 2. The fourth-order valence-corrected chi connectivity index (χ4v) is 2.99. The highest BCUT2D eigenvalue weighted by Crippen LogP contribution is 2.20. The molecule has 1 aromatic heterocycles. The molecule has 1 unspecified atom stereocenters. The Balaban J connectivity index is 1.73. The Hall–Kier alpha value is -2.83. The van der Waals surface area contributed by atoms with E-state index in [1.54, 1.807) is 13.1 Å². The Bertz CT molecular complexity index is 758. The summed E-state index contributed by atoms with van der Waals surface area (Å²) in [4.78, 5) is 28.1. The van der Waals surface area contributed by atoms with Gasteiger partial charge in [-0.2, -0.15) is 0 Å². The van der Waals surface area contributed by atoms with Crippen molar-refractivity contribution in [3.05, 3.63) is 42.4 Å². The van der Waals surface area contributed by atoms with Gasteiger partial charge >= 0.3 is 6.09 Å². The summed E-state index contributed by atoms with van der Waals surface area (Å²) >= 11 is 0. The summed E-state index contributed by atoms with van der Waals surface area (Å²) in [5, 5.41) is 5.70. The molecule has 2 rings (SSSR count). The number of carbonyl (C=O) groups is 2. The van der Waals surface area contributed by atoms with Gasteiger partial charge in [0.15, 0.2) is 11.7 Å². The summed E-state index contributed by atoms with van der Waals surface area (Å²) in [7, 11) is 0. The Morgan fingerprint density at radius 2 is 1.97 bits per heavy atom. The van der Waals surface area contributed by atoms with Gasteiger partial charge in [-0.05, 0) is 25.7 Å². The maximum atomic E-state index is 12.2. The third kappa shape index (κ3) is 8.37. The molecule has 29 heavy (non-hydrogen) atoms. The number of aromatic nitrogens is 1. The molecule has 2 aromatic rings. The molecule has 0 saturated carbocycles. The van der Waals surface area contributed by atoms with Gasteiger partial charge in [0.2, 0.25) is 5.91 Å². The highest BCUT2D eigenvalue weighted by molar-refractivity contribution is 5.76. The topological polar surface area (TPSA) is 93.5 Å². The normalized spacial score (nSPS) is 11.9. The van der Waals surface area contributed by atoms with Crippen LogP contribution in [0.25, 0.3) is 11.3 Å². The molecule has 1 heterocycles. The maximum Gasteiger partial charge on any atom is 0.407 e. The average molecular weight is 402 g/mol. The number of hydrogen-bond acceptors (Lipinski definition) is 5. The van der Waals surface area contributed by atoms with Crippen LogP contribution >= 0.6 is 0 Å². The van der Waals surface area contributed by atoms with E-state index in [1.165, 1.54) is 0 Å². The van der Waals surface area contributed by atoms with E-state index in [0.29, 0.717) is 44.2 Å². The van der Waals surface area contributed by atoms with Gasteiger partial charge in [-0.15, -0.1) is 0 Å². The van der Waals surface area contributed by atoms with Crippen LogP contribution in [0.2, 0.25) is 0 Å². The molecule has 0 bridgehead atoms. The second kappa shape index (κ2) is 11.9. The minimum atomic E-state index is -0.453. The number of ether oxygens (including phenoxy) is 1. The summed E-state index contributed by atoms with van der Waals surface area (Å²) in [5.41, 5.74) is 0.981.